The van der Waals surface area contributed by atoms with Crippen LogP contribution in [0.25, 0.3) is 0 Å². The molecular formula is C4H7AsCl2. The van der Waals surface area contributed by atoms with Crippen LogP contribution in [0.3, 0.4) is 0 Å². The van der Waals surface area contributed by atoms with Crippen LogP contribution >= 0.6 is 19.9 Å². The standard InChI is InChI=1S/C4H7AsCl2/c1-2-3-4-5(6)7/h2-3H,4H2,1H3/b3-2+. The Kier molecular flexibility index (Phi) is 5.65. The van der Waals surface area contributed by atoms with E-state index in [2.05, 4.69) is 0 Å². The van der Waals surface area contributed by atoms with Gasteiger partial charge in [-0.15, -0.1) is 0 Å². The molecule has 7 heavy (non-hydrogen) atoms. The second-order valence-corrected chi connectivity index (χ2v) is 8.23. The fourth-order valence-corrected chi connectivity index (χ4v) is 1.79. The normalized spacial score (nSPS) is 11.4. The second-order valence-electron chi connectivity index (χ2n) is 1.05. The molecule has 0 nitrogen and oxygen atoms in total. The molecule has 0 saturated carbocycles. The van der Waals surface area contributed by atoms with Gasteiger partial charge in [0.15, 0.2) is 0 Å². The molecule has 0 aromatic heterocycles. The maximum atomic E-state index is 5.52. The summed E-state index contributed by atoms with van der Waals surface area (Å²) in [7, 11) is 11.0. The van der Waals surface area contributed by atoms with Gasteiger partial charge in [-0.2, -0.15) is 0 Å². The summed E-state index contributed by atoms with van der Waals surface area (Å²) in [5.74, 6) is 0. The Morgan fingerprint density at radius 2 is 2.14 bits per heavy atom. The predicted octanol–water partition coefficient (Wildman–Crippen LogP) is 2.53. The van der Waals surface area contributed by atoms with E-state index in [4.69, 9.17) is 19.9 Å². The van der Waals surface area contributed by atoms with Gasteiger partial charge in [0.2, 0.25) is 0 Å². The van der Waals surface area contributed by atoms with E-state index < -0.39 is 12.8 Å². The van der Waals surface area contributed by atoms with Gasteiger partial charge in [0, 0.05) is 0 Å². The molecule has 0 fully saturated rings. The first-order valence-corrected chi connectivity index (χ1v) is 8.23. The average molecular weight is 201 g/mol. The number of hydrogen-bond donors (Lipinski definition) is 0. The fraction of sp³-hybridized carbons (Fsp3) is 0.500. The molecule has 0 heterocycles. The molecule has 0 atom stereocenters. The van der Waals surface area contributed by atoms with E-state index in [0.29, 0.717) is 0 Å². The first-order chi connectivity index (χ1) is 3.27. The van der Waals surface area contributed by atoms with Gasteiger partial charge in [0.05, 0.1) is 0 Å². The number of halogens is 2. The third kappa shape index (κ3) is 6.88. The SMILES string of the molecule is C/C=C/C[As](Cl)Cl. The van der Waals surface area contributed by atoms with Gasteiger partial charge in [-0.3, -0.25) is 0 Å². The zero-order valence-corrected chi connectivity index (χ0v) is 7.45. The molecule has 0 aliphatic heterocycles. The zero-order chi connectivity index (χ0) is 5.70. The Bertz CT molecular complexity index is 60.7. The van der Waals surface area contributed by atoms with Crippen molar-refractivity contribution < 1.29 is 0 Å². The molecular weight excluding hydrogens is 194 g/mol. The van der Waals surface area contributed by atoms with Crippen LogP contribution in [0.1, 0.15) is 6.92 Å². The van der Waals surface area contributed by atoms with Crippen molar-refractivity contribution >= 4 is 32.7 Å². The Balaban J connectivity index is 2.97. The van der Waals surface area contributed by atoms with Gasteiger partial charge in [0.1, 0.15) is 0 Å². The third-order valence-corrected chi connectivity index (χ3v) is 2.93. The molecule has 0 rings (SSSR count). The Morgan fingerprint density at radius 1 is 1.57 bits per heavy atom. The molecule has 0 amide bonds. The predicted molar refractivity (Wildman–Crippen MR) is 37.1 cm³/mol. The average Bonchev–Trinajstić information content (AvgIpc) is 1.61. The topological polar surface area (TPSA) is 0 Å². The van der Waals surface area contributed by atoms with Crippen LogP contribution in [0.2, 0.25) is 5.21 Å². The van der Waals surface area contributed by atoms with Crippen molar-refractivity contribution in [2.75, 3.05) is 0 Å². The summed E-state index contributed by atoms with van der Waals surface area (Å²) in [6.45, 7) is 1.96. The molecule has 0 spiro atoms. The van der Waals surface area contributed by atoms with Crippen molar-refractivity contribution in [3.8, 4) is 0 Å². The monoisotopic (exact) mass is 200 g/mol. The fourth-order valence-electron chi connectivity index (χ4n) is 0.185. The van der Waals surface area contributed by atoms with E-state index >= 15 is 0 Å². The van der Waals surface area contributed by atoms with Gasteiger partial charge >= 0.3 is 57.0 Å². The summed E-state index contributed by atoms with van der Waals surface area (Å²) < 4.78 is 0. The van der Waals surface area contributed by atoms with E-state index in [1.54, 1.807) is 0 Å². The molecule has 0 aromatic rings. The minimum atomic E-state index is -1.39. The Labute approximate surface area is 57.1 Å². The summed E-state index contributed by atoms with van der Waals surface area (Å²) in [6, 6.07) is 0. The molecule has 0 saturated heterocycles. The van der Waals surface area contributed by atoms with Crippen LogP contribution < -0.4 is 0 Å². The summed E-state index contributed by atoms with van der Waals surface area (Å²) in [6.07, 6.45) is 3.96. The van der Waals surface area contributed by atoms with Crippen LogP contribution in [0.15, 0.2) is 12.2 Å². The van der Waals surface area contributed by atoms with Crippen molar-refractivity contribution in [2.24, 2.45) is 0 Å². The van der Waals surface area contributed by atoms with E-state index in [0.717, 1.165) is 5.21 Å². The van der Waals surface area contributed by atoms with Gasteiger partial charge < -0.3 is 0 Å². The van der Waals surface area contributed by atoms with E-state index in [1.165, 1.54) is 0 Å². The Hall–Kier alpha value is 0.878. The molecule has 0 aliphatic carbocycles. The van der Waals surface area contributed by atoms with Crippen molar-refractivity contribution in [1.82, 2.24) is 0 Å². The zero-order valence-electron chi connectivity index (χ0n) is 4.06. The molecule has 0 N–H and O–H groups in total. The second kappa shape index (κ2) is 5.02. The number of hydrogen-bond acceptors (Lipinski definition) is 0. The molecule has 42 valence electrons. The molecule has 0 unspecified atom stereocenters. The van der Waals surface area contributed by atoms with Gasteiger partial charge in [0.25, 0.3) is 0 Å². The quantitative estimate of drug-likeness (QED) is 0.475. The van der Waals surface area contributed by atoms with Crippen molar-refractivity contribution in [3.05, 3.63) is 12.2 Å². The van der Waals surface area contributed by atoms with E-state index in [1.807, 2.05) is 19.1 Å². The molecule has 0 radical (unpaired) electrons. The molecule has 0 bridgehead atoms. The molecule has 0 aliphatic rings. The van der Waals surface area contributed by atoms with Crippen LogP contribution in [0.4, 0.5) is 0 Å². The van der Waals surface area contributed by atoms with Crippen LogP contribution in [-0.2, 0) is 0 Å². The Morgan fingerprint density at radius 3 is 2.29 bits per heavy atom. The molecule has 3 heteroatoms. The maximum absolute atomic E-state index is 5.52. The van der Waals surface area contributed by atoms with Crippen LogP contribution in [0, 0.1) is 0 Å². The third-order valence-electron chi connectivity index (χ3n) is 0.479. The van der Waals surface area contributed by atoms with Crippen LogP contribution in [0.5, 0.6) is 0 Å². The number of allylic oxidation sites excluding steroid dienone is 2. The van der Waals surface area contributed by atoms with Crippen molar-refractivity contribution in [3.63, 3.8) is 0 Å². The summed E-state index contributed by atoms with van der Waals surface area (Å²) in [5, 5.41) is 0.895. The van der Waals surface area contributed by atoms with Crippen LogP contribution in [-0.4, -0.2) is 12.8 Å². The van der Waals surface area contributed by atoms with E-state index in [9.17, 15) is 0 Å². The minimum absolute atomic E-state index is 0.895. The van der Waals surface area contributed by atoms with Crippen molar-refractivity contribution in [2.45, 2.75) is 12.1 Å². The van der Waals surface area contributed by atoms with Crippen molar-refractivity contribution in [1.29, 1.82) is 0 Å². The summed E-state index contributed by atoms with van der Waals surface area (Å²) >= 11 is -1.39. The number of rotatable bonds is 2. The molecule has 0 aromatic carbocycles. The first-order valence-electron chi connectivity index (χ1n) is 1.97. The summed E-state index contributed by atoms with van der Waals surface area (Å²) in [4.78, 5) is 0. The first kappa shape index (κ1) is 7.88. The van der Waals surface area contributed by atoms with Gasteiger partial charge in [-0.25, -0.2) is 0 Å². The summed E-state index contributed by atoms with van der Waals surface area (Å²) in [5.41, 5.74) is 0. The van der Waals surface area contributed by atoms with Gasteiger partial charge in [-0.1, -0.05) is 0 Å². The van der Waals surface area contributed by atoms with E-state index in [-0.39, 0.29) is 0 Å². The van der Waals surface area contributed by atoms with Gasteiger partial charge in [-0.05, 0) is 0 Å².